The first-order chi connectivity index (χ1) is 8.52. The second kappa shape index (κ2) is 6.74. The van der Waals surface area contributed by atoms with Crippen LogP contribution in [0.25, 0.3) is 0 Å². The van der Waals surface area contributed by atoms with E-state index in [0.29, 0.717) is 30.5 Å². The molecule has 0 aliphatic carbocycles. The van der Waals surface area contributed by atoms with Crippen LogP contribution >= 0.6 is 0 Å². The van der Waals surface area contributed by atoms with E-state index in [4.69, 9.17) is 15.2 Å². The highest BCUT2D eigenvalue weighted by Gasteiger charge is 2.07. The Kier molecular flexibility index (Phi) is 5.30. The van der Waals surface area contributed by atoms with Gasteiger partial charge in [0, 0.05) is 17.8 Å². The molecule has 0 unspecified atom stereocenters. The van der Waals surface area contributed by atoms with Gasteiger partial charge in [0.1, 0.15) is 5.75 Å². The Balaban J connectivity index is 2.52. The van der Waals surface area contributed by atoms with Crippen LogP contribution in [0.1, 0.15) is 19.4 Å². The van der Waals surface area contributed by atoms with Crippen LogP contribution in [-0.2, 0) is 11.3 Å². The zero-order valence-corrected chi connectivity index (χ0v) is 11.0. The fourth-order valence-corrected chi connectivity index (χ4v) is 1.40. The van der Waals surface area contributed by atoms with Gasteiger partial charge in [0.05, 0.1) is 13.7 Å². The third kappa shape index (κ3) is 4.53. The highest BCUT2D eigenvalue weighted by Crippen LogP contribution is 2.20. The molecule has 100 valence electrons. The first-order valence-corrected chi connectivity index (χ1v) is 5.86. The minimum Gasteiger partial charge on any atom is -0.496 e. The lowest BCUT2D eigenvalue weighted by atomic mass is 10.2. The van der Waals surface area contributed by atoms with Crippen LogP contribution in [0.15, 0.2) is 18.2 Å². The minimum absolute atomic E-state index is 0.317. The van der Waals surface area contributed by atoms with Crippen molar-refractivity contribution in [3.63, 3.8) is 0 Å². The second-order valence-corrected chi connectivity index (χ2v) is 4.42. The van der Waals surface area contributed by atoms with E-state index in [2.05, 4.69) is 5.32 Å². The smallest absolute Gasteiger partial charge is 0.407 e. The number of alkyl carbamates (subject to hydrolysis) is 1. The zero-order chi connectivity index (χ0) is 13.5. The van der Waals surface area contributed by atoms with E-state index in [1.54, 1.807) is 25.3 Å². The molecular formula is C13H20N2O3. The van der Waals surface area contributed by atoms with Crippen LogP contribution < -0.4 is 15.8 Å². The van der Waals surface area contributed by atoms with Crippen LogP contribution in [0, 0.1) is 5.92 Å². The SMILES string of the molecule is COc1ccc(N)cc1CNC(=O)OCC(C)C. The van der Waals surface area contributed by atoms with Crippen molar-refractivity contribution in [1.29, 1.82) is 0 Å². The molecule has 0 aliphatic heterocycles. The maximum Gasteiger partial charge on any atom is 0.407 e. The number of amides is 1. The minimum atomic E-state index is -0.437. The Morgan fingerprint density at radius 2 is 2.17 bits per heavy atom. The van der Waals surface area contributed by atoms with Gasteiger partial charge in [-0.25, -0.2) is 4.79 Å². The summed E-state index contributed by atoms with van der Waals surface area (Å²) in [5.41, 5.74) is 7.13. The number of rotatable bonds is 5. The van der Waals surface area contributed by atoms with Gasteiger partial charge in [-0.1, -0.05) is 13.8 Å². The average molecular weight is 252 g/mol. The van der Waals surface area contributed by atoms with Crippen LogP contribution in [0.3, 0.4) is 0 Å². The fraction of sp³-hybridized carbons (Fsp3) is 0.462. The molecule has 0 saturated carbocycles. The normalized spacial score (nSPS) is 10.2. The van der Waals surface area contributed by atoms with Crippen LogP contribution in [0.4, 0.5) is 10.5 Å². The molecule has 0 atom stereocenters. The molecule has 5 heteroatoms. The predicted molar refractivity (Wildman–Crippen MR) is 70.4 cm³/mol. The van der Waals surface area contributed by atoms with Crippen LogP contribution in [0.5, 0.6) is 5.75 Å². The summed E-state index contributed by atoms with van der Waals surface area (Å²) in [7, 11) is 1.58. The fourth-order valence-electron chi connectivity index (χ4n) is 1.40. The van der Waals surface area contributed by atoms with Gasteiger partial charge >= 0.3 is 6.09 Å². The molecule has 3 N–H and O–H groups in total. The van der Waals surface area contributed by atoms with Gasteiger partial charge in [-0.05, 0) is 24.1 Å². The van der Waals surface area contributed by atoms with E-state index < -0.39 is 6.09 Å². The van der Waals surface area contributed by atoms with E-state index >= 15 is 0 Å². The third-order valence-electron chi connectivity index (χ3n) is 2.28. The number of benzene rings is 1. The lowest BCUT2D eigenvalue weighted by Gasteiger charge is -2.11. The van der Waals surface area contributed by atoms with Gasteiger partial charge in [-0.3, -0.25) is 0 Å². The lowest BCUT2D eigenvalue weighted by molar-refractivity contribution is 0.132. The number of hydrogen-bond acceptors (Lipinski definition) is 4. The standard InChI is InChI=1S/C13H20N2O3/c1-9(2)8-18-13(16)15-7-10-6-11(14)4-5-12(10)17-3/h4-6,9H,7-8,14H2,1-3H3,(H,15,16). The quantitative estimate of drug-likeness (QED) is 0.787. The molecule has 0 heterocycles. The molecule has 18 heavy (non-hydrogen) atoms. The zero-order valence-electron chi connectivity index (χ0n) is 11.0. The topological polar surface area (TPSA) is 73.6 Å². The Hall–Kier alpha value is -1.91. The summed E-state index contributed by atoms with van der Waals surface area (Å²) in [5.74, 6) is 1.01. The molecule has 0 spiro atoms. The number of hydrogen-bond donors (Lipinski definition) is 2. The molecule has 1 amide bonds. The maximum atomic E-state index is 11.4. The van der Waals surface area contributed by atoms with Crippen molar-refractivity contribution in [3.8, 4) is 5.75 Å². The van der Waals surface area contributed by atoms with Gasteiger partial charge in [0.15, 0.2) is 0 Å². The lowest BCUT2D eigenvalue weighted by Crippen LogP contribution is -2.25. The Morgan fingerprint density at radius 1 is 1.44 bits per heavy atom. The molecule has 0 aromatic heterocycles. The molecule has 1 rings (SSSR count). The van der Waals surface area contributed by atoms with Crippen LogP contribution in [0.2, 0.25) is 0 Å². The van der Waals surface area contributed by atoms with E-state index in [9.17, 15) is 4.79 Å². The molecule has 0 fully saturated rings. The highest BCUT2D eigenvalue weighted by atomic mass is 16.5. The van der Waals surface area contributed by atoms with E-state index in [0.717, 1.165) is 5.56 Å². The first-order valence-electron chi connectivity index (χ1n) is 5.86. The largest absolute Gasteiger partial charge is 0.496 e. The van der Waals surface area contributed by atoms with Gasteiger partial charge < -0.3 is 20.5 Å². The van der Waals surface area contributed by atoms with E-state index in [1.165, 1.54) is 0 Å². The van der Waals surface area contributed by atoms with Crippen LogP contribution in [-0.4, -0.2) is 19.8 Å². The summed E-state index contributed by atoms with van der Waals surface area (Å²) >= 11 is 0. The van der Waals surface area contributed by atoms with E-state index in [1.807, 2.05) is 13.8 Å². The summed E-state index contributed by atoms with van der Waals surface area (Å²) < 4.78 is 10.2. The first kappa shape index (κ1) is 14.2. The van der Waals surface area contributed by atoms with Crippen molar-refractivity contribution in [2.24, 2.45) is 5.92 Å². The molecule has 0 saturated heterocycles. The molecule has 0 radical (unpaired) electrons. The summed E-state index contributed by atoms with van der Waals surface area (Å²) in [5, 5.41) is 2.66. The van der Waals surface area contributed by atoms with Crippen molar-refractivity contribution in [2.45, 2.75) is 20.4 Å². The van der Waals surface area contributed by atoms with Crippen molar-refractivity contribution < 1.29 is 14.3 Å². The molecule has 0 aliphatic rings. The predicted octanol–water partition coefficient (Wildman–Crippen LogP) is 2.16. The van der Waals surface area contributed by atoms with Crippen molar-refractivity contribution in [3.05, 3.63) is 23.8 Å². The van der Waals surface area contributed by atoms with Gasteiger partial charge in [0.2, 0.25) is 0 Å². The Morgan fingerprint density at radius 3 is 2.78 bits per heavy atom. The summed E-state index contributed by atoms with van der Waals surface area (Å²) in [6.45, 7) is 4.69. The van der Waals surface area contributed by atoms with Crippen molar-refractivity contribution in [2.75, 3.05) is 19.5 Å². The number of carbonyl (C=O) groups excluding carboxylic acids is 1. The summed E-state index contributed by atoms with van der Waals surface area (Å²) in [4.78, 5) is 11.4. The van der Waals surface area contributed by atoms with Gasteiger partial charge in [-0.15, -0.1) is 0 Å². The maximum absolute atomic E-state index is 11.4. The molecule has 1 aromatic carbocycles. The highest BCUT2D eigenvalue weighted by molar-refractivity contribution is 5.67. The second-order valence-electron chi connectivity index (χ2n) is 4.42. The molecule has 0 bridgehead atoms. The average Bonchev–Trinajstić information content (AvgIpc) is 2.34. The number of nitrogen functional groups attached to an aromatic ring is 1. The number of methoxy groups -OCH3 is 1. The number of anilines is 1. The van der Waals surface area contributed by atoms with Gasteiger partial charge in [-0.2, -0.15) is 0 Å². The van der Waals surface area contributed by atoms with Crippen molar-refractivity contribution >= 4 is 11.8 Å². The van der Waals surface area contributed by atoms with E-state index in [-0.39, 0.29) is 0 Å². The summed E-state index contributed by atoms with van der Waals surface area (Å²) in [6, 6.07) is 5.28. The molecule has 1 aromatic rings. The monoisotopic (exact) mass is 252 g/mol. The number of nitrogens with one attached hydrogen (secondary N) is 1. The number of ether oxygens (including phenoxy) is 2. The molecular weight excluding hydrogens is 232 g/mol. The molecule has 5 nitrogen and oxygen atoms in total. The Bertz CT molecular complexity index is 405. The van der Waals surface area contributed by atoms with Crippen molar-refractivity contribution in [1.82, 2.24) is 5.32 Å². The number of carbonyl (C=O) groups is 1. The Labute approximate surface area is 107 Å². The summed E-state index contributed by atoms with van der Waals surface area (Å²) in [6.07, 6.45) is -0.437. The third-order valence-corrected chi connectivity index (χ3v) is 2.28. The van der Waals surface area contributed by atoms with Gasteiger partial charge in [0.25, 0.3) is 0 Å². The number of nitrogens with two attached hydrogens (primary N) is 1.